The molecule has 3 nitrogen and oxygen atoms in total. The van der Waals surface area contributed by atoms with Gasteiger partial charge in [-0.25, -0.2) is 0 Å². The zero-order valence-electron chi connectivity index (χ0n) is 9.03. The average Bonchev–Trinajstić information content (AvgIpc) is 2.11. The normalized spacial score (nSPS) is 31.9. The van der Waals surface area contributed by atoms with Crippen LogP contribution >= 0.6 is 11.6 Å². The van der Waals surface area contributed by atoms with Crippen LogP contribution in [0.5, 0.6) is 0 Å². The number of hydrogen-bond acceptors (Lipinski definition) is 3. The van der Waals surface area contributed by atoms with Crippen LogP contribution in [0.15, 0.2) is 0 Å². The maximum atomic E-state index is 6.03. The van der Waals surface area contributed by atoms with Crippen LogP contribution in [0, 0.1) is 0 Å². The van der Waals surface area contributed by atoms with Crippen LogP contribution in [0.2, 0.25) is 0 Å². The summed E-state index contributed by atoms with van der Waals surface area (Å²) in [6.45, 7) is 5.23. The van der Waals surface area contributed by atoms with Gasteiger partial charge in [0.2, 0.25) is 0 Å². The van der Waals surface area contributed by atoms with E-state index >= 15 is 0 Å². The van der Waals surface area contributed by atoms with E-state index < -0.39 is 0 Å². The summed E-state index contributed by atoms with van der Waals surface area (Å²) in [5.41, 5.74) is 0. The molecule has 1 aliphatic carbocycles. The van der Waals surface area contributed by atoms with Crippen molar-refractivity contribution in [3.63, 3.8) is 0 Å². The third kappa shape index (κ3) is 3.39. The van der Waals surface area contributed by atoms with Crippen LogP contribution in [-0.2, 0) is 14.2 Å². The second-order valence-corrected chi connectivity index (χ2v) is 4.36. The molecule has 3 unspecified atom stereocenters. The molecule has 0 radical (unpaired) electrons. The number of hydrogen-bond donors (Lipinski definition) is 0. The van der Waals surface area contributed by atoms with E-state index in [1.165, 1.54) is 0 Å². The largest absolute Gasteiger partial charge is 0.382 e. The summed E-state index contributed by atoms with van der Waals surface area (Å²) in [5, 5.41) is 0.0932. The Labute approximate surface area is 90.7 Å². The molecule has 0 N–H and O–H groups in total. The van der Waals surface area contributed by atoms with Gasteiger partial charge in [-0.3, -0.25) is 0 Å². The molecule has 0 aromatic carbocycles. The summed E-state index contributed by atoms with van der Waals surface area (Å²) >= 11 is 6.03. The molecule has 0 heterocycles. The van der Waals surface area contributed by atoms with Crippen molar-refractivity contribution < 1.29 is 14.2 Å². The quantitative estimate of drug-likeness (QED) is 0.507. The Morgan fingerprint density at radius 3 is 2.57 bits per heavy atom. The first-order chi connectivity index (χ1) is 6.65. The van der Waals surface area contributed by atoms with Crippen LogP contribution in [-0.4, -0.2) is 44.0 Å². The summed E-state index contributed by atoms with van der Waals surface area (Å²) in [6.07, 6.45) is 1.32. The summed E-state index contributed by atoms with van der Waals surface area (Å²) in [4.78, 5) is 0. The SMILES string of the molecule is COCCOC1C(Cl)CC1OC(C)C. The maximum Gasteiger partial charge on any atom is 0.100 e. The van der Waals surface area contributed by atoms with Crippen molar-refractivity contribution in [1.29, 1.82) is 0 Å². The van der Waals surface area contributed by atoms with Crippen LogP contribution in [0.3, 0.4) is 0 Å². The molecule has 0 aromatic heterocycles. The topological polar surface area (TPSA) is 27.7 Å². The molecule has 3 atom stereocenters. The van der Waals surface area contributed by atoms with Gasteiger partial charge in [-0.2, -0.15) is 0 Å². The molecule has 0 aromatic rings. The molecule has 0 aliphatic heterocycles. The van der Waals surface area contributed by atoms with Crippen molar-refractivity contribution >= 4 is 11.6 Å². The summed E-state index contributed by atoms with van der Waals surface area (Å²) in [6, 6.07) is 0. The Kier molecular flexibility index (Phi) is 5.17. The molecule has 1 rings (SSSR count). The Balaban J connectivity index is 2.19. The number of alkyl halides is 1. The highest BCUT2D eigenvalue weighted by Crippen LogP contribution is 2.32. The third-order valence-electron chi connectivity index (χ3n) is 2.23. The van der Waals surface area contributed by atoms with Crippen molar-refractivity contribution in [3.8, 4) is 0 Å². The van der Waals surface area contributed by atoms with Crippen LogP contribution < -0.4 is 0 Å². The van der Waals surface area contributed by atoms with E-state index in [1.807, 2.05) is 13.8 Å². The van der Waals surface area contributed by atoms with Gasteiger partial charge in [-0.15, -0.1) is 11.6 Å². The fourth-order valence-electron chi connectivity index (χ4n) is 1.49. The minimum absolute atomic E-state index is 0.0363. The highest BCUT2D eigenvalue weighted by molar-refractivity contribution is 6.21. The Morgan fingerprint density at radius 2 is 2.07 bits per heavy atom. The van der Waals surface area contributed by atoms with E-state index in [-0.39, 0.29) is 23.7 Å². The van der Waals surface area contributed by atoms with Crippen molar-refractivity contribution in [2.75, 3.05) is 20.3 Å². The molecular formula is C10H19ClO3. The van der Waals surface area contributed by atoms with Crippen LogP contribution in [0.1, 0.15) is 20.3 Å². The number of ether oxygens (including phenoxy) is 3. The Bertz CT molecular complexity index is 163. The molecule has 0 amide bonds. The predicted octanol–water partition coefficient (Wildman–Crippen LogP) is 1.82. The predicted molar refractivity (Wildman–Crippen MR) is 55.9 cm³/mol. The van der Waals surface area contributed by atoms with E-state index in [0.29, 0.717) is 13.2 Å². The summed E-state index contributed by atoms with van der Waals surface area (Å²) < 4.78 is 16.1. The van der Waals surface area contributed by atoms with Crippen molar-refractivity contribution in [1.82, 2.24) is 0 Å². The minimum atomic E-state index is 0.0363. The van der Waals surface area contributed by atoms with Gasteiger partial charge in [-0.05, 0) is 20.3 Å². The number of halogens is 1. The van der Waals surface area contributed by atoms with E-state index in [0.717, 1.165) is 6.42 Å². The second kappa shape index (κ2) is 5.91. The lowest BCUT2D eigenvalue weighted by Crippen LogP contribution is -2.52. The van der Waals surface area contributed by atoms with Crippen LogP contribution in [0.25, 0.3) is 0 Å². The lowest BCUT2D eigenvalue weighted by Gasteiger charge is -2.41. The molecule has 0 saturated heterocycles. The first kappa shape index (κ1) is 12.2. The number of methoxy groups -OCH3 is 1. The monoisotopic (exact) mass is 222 g/mol. The lowest BCUT2D eigenvalue weighted by atomic mass is 9.91. The first-order valence-corrected chi connectivity index (χ1v) is 5.49. The average molecular weight is 223 g/mol. The molecule has 0 bridgehead atoms. The van der Waals surface area contributed by atoms with Gasteiger partial charge < -0.3 is 14.2 Å². The summed E-state index contributed by atoms with van der Waals surface area (Å²) in [5.74, 6) is 0. The molecule has 84 valence electrons. The van der Waals surface area contributed by atoms with Crippen molar-refractivity contribution in [3.05, 3.63) is 0 Å². The molecule has 4 heteroatoms. The highest BCUT2D eigenvalue weighted by Gasteiger charge is 2.42. The van der Waals surface area contributed by atoms with E-state index in [9.17, 15) is 0 Å². The van der Waals surface area contributed by atoms with Gasteiger partial charge in [0, 0.05) is 7.11 Å². The molecule has 1 saturated carbocycles. The van der Waals surface area contributed by atoms with Gasteiger partial charge >= 0.3 is 0 Å². The Hall–Kier alpha value is 0.170. The van der Waals surface area contributed by atoms with Gasteiger partial charge in [0.05, 0.1) is 30.8 Å². The maximum absolute atomic E-state index is 6.03. The minimum Gasteiger partial charge on any atom is -0.382 e. The van der Waals surface area contributed by atoms with E-state index in [1.54, 1.807) is 7.11 Å². The van der Waals surface area contributed by atoms with Crippen LogP contribution in [0.4, 0.5) is 0 Å². The zero-order valence-corrected chi connectivity index (χ0v) is 9.79. The van der Waals surface area contributed by atoms with Gasteiger partial charge in [0.25, 0.3) is 0 Å². The standard InChI is InChI=1S/C10H19ClO3/c1-7(2)14-9-6-8(11)10(9)13-5-4-12-3/h7-10H,4-6H2,1-3H3. The molecular weight excluding hydrogens is 204 g/mol. The van der Waals surface area contributed by atoms with Gasteiger partial charge in [0.15, 0.2) is 0 Å². The van der Waals surface area contributed by atoms with Gasteiger partial charge in [0.1, 0.15) is 6.10 Å². The molecule has 1 fully saturated rings. The van der Waals surface area contributed by atoms with Crippen molar-refractivity contribution in [2.45, 2.75) is 44.0 Å². The summed E-state index contributed by atoms with van der Waals surface area (Å²) in [7, 11) is 1.66. The smallest absolute Gasteiger partial charge is 0.100 e. The van der Waals surface area contributed by atoms with Crippen molar-refractivity contribution in [2.24, 2.45) is 0 Å². The number of rotatable bonds is 6. The Morgan fingerprint density at radius 1 is 1.36 bits per heavy atom. The zero-order chi connectivity index (χ0) is 10.6. The lowest BCUT2D eigenvalue weighted by molar-refractivity contribution is -0.145. The molecule has 0 spiro atoms. The second-order valence-electron chi connectivity index (χ2n) is 3.80. The highest BCUT2D eigenvalue weighted by atomic mass is 35.5. The molecule has 14 heavy (non-hydrogen) atoms. The van der Waals surface area contributed by atoms with Gasteiger partial charge in [-0.1, -0.05) is 0 Å². The fourth-order valence-corrected chi connectivity index (χ4v) is 1.90. The third-order valence-corrected chi connectivity index (χ3v) is 2.65. The molecule has 1 aliphatic rings. The first-order valence-electron chi connectivity index (χ1n) is 5.05. The fraction of sp³-hybridized carbons (Fsp3) is 1.00. The van der Waals surface area contributed by atoms with E-state index in [4.69, 9.17) is 25.8 Å². The van der Waals surface area contributed by atoms with E-state index in [2.05, 4.69) is 0 Å².